The van der Waals surface area contributed by atoms with E-state index >= 15 is 0 Å². The third-order valence-electron chi connectivity index (χ3n) is 2.24. The smallest absolute Gasteiger partial charge is 0.305 e. The van der Waals surface area contributed by atoms with Gasteiger partial charge in [0, 0.05) is 18.5 Å². The fourth-order valence-electron chi connectivity index (χ4n) is 1.32. The average Bonchev–Trinajstić information content (AvgIpc) is 2.30. The summed E-state index contributed by atoms with van der Waals surface area (Å²) in [5.74, 6) is -0.421. The largest absolute Gasteiger partial charge is 0.469 e. The van der Waals surface area contributed by atoms with Gasteiger partial charge in [-0.15, -0.1) is 0 Å². The normalized spacial score (nSPS) is 10.1. The van der Waals surface area contributed by atoms with Gasteiger partial charge in [-0.05, 0) is 19.0 Å². The lowest BCUT2D eigenvalue weighted by Crippen LogP contribution is -2.16. The first kappa shape index (κ1) is 12.6. The monoisotopic (exact) mass is 225 g/mol. The number of hydrogen-bond acceptors (Lipinski definition) is 3. The molecule has 0 saturated carbocycles. The molecule has 1 rings (SSSR count). The SMILES string of the molecule is COC(=O)CCCNCc1ccccc1F. The van der Waals surface area contributed by atoms with Crippen molar-refractivity contribution in [3.63, 3.8) is 0 Å². The predicted octanol–water partition coefficient (Wildman–Crippen LogP) is 1.87. The summed E-state index contributed by atoms with van der Waals surface area (Å²) in [7, 11) is 1.37. The van der Waals surface area contributed by atoms with Crippen molar-refractivity contribution in [2.24, 2.45) is 0 Å². The highest BCUT2D eigenvalue weighted by molar-refractivity contribution is 5.69. The number of nitrogens with one attached hydrogen (secondary N) is 1. The molecule has 0 spiro atoms. The molecule has 0 radical (unpaired) electrons. The maximum atomic E-state index is 13.2. The van der Waals surface area contributed by atoms with Crippen molar-refractivity contribution in [2.45, 2.75) is 19.4 Å². The van der Waals surface area contributed by atoms with Crippen LogP contribution in [-0.2, 0) is 16.1 Å². The van der Waals surface area contributed by atoms with Crippen LogP contribution in [0.3, 0.4) is 0 Å². The lowest BCUT2D eigenvalue weighted by atomic mass is 10.2. The maximum absolute atomic E-state index is 13.2. The van der Waals surface area contributed by atoms with Crippen molar-refractivity contribution < 1.29 is 13.9 Å². The van der Waals surface area contributed by atoms with E-state index in [4.69, 9.17) is 0 Å². The number of methoxy groups -OCH3 is 1. The molecule has 0 aliphatic rings. The molecule has 3 nitrogen and oxygen atoms in total. The van der Waals surface area contributed by atoms with Gasteiger partial charge in [0.1, 0.15) is 5.82 Å². The van der Waals surface area contributed by atoms with Crippen molar-refractivity contribution in [2.75, 3.05) is 13.7 Å². The molecule has 0 heterocycles. The quantitative estimate of drug-likeness (QED) is 0.593. The van der Waals surface area contributed by atoms with Crippen LogP contribution in [0.25, 0.3) is 0 Å². The lowest BCUT2D eigenvalue weighted by molar-refractivity contribution is -0.140. The number of rotatable bonds is 6. The fourth-order valence-corrected chi connectivity index (χ4v) is 1.32. The van der Waals surface area contributed by atoms with E-state index in [1.165, 1.54) is 13.2 Å². The lowest BCUT2D eigenvalue weighted by Gasteiger charge is -2.05. The van der Waals surface area contributed by atoms with Crippen molar-refractivity contribution in [3.8, 4) is 0 Å². The second-order valence-corrected chi connectivity index (χ2v) is 3.45. The minimum Gasteiger partial charge on any atom is -0.469 e. The van der Waals surface area contributed by atoms with Gasteiger partial charge in [0.05, 0.1) is 7.11 Å². The molecule has 88 valence electrons. The number of esters is 1. The highest BCUT2D eigenvalue weighted by Gasteiger charge is 2.01. The number of carbonyl (C=O) groups excluding carboxylic acids is 1. The summed E-state index contributed by atoms with van der Waals surface area (Å²) >= 11 is 0. The molecular weight excluding hydrogens is 209 g/mol. The first-order valence-corrected chi connectivity index (χ1v) is 5.25. The van der Waals surface area contributed by atoms with Crippen LogP contribution in [0, 0.1) is 5.82 Å². The molecule has 0 amide bonds. The summed E-state index contributed by atoms with van der Waals surface area (Å²) in [6.45, 7) is 1.15. The van der Waals surface area contributed by atoms with Crippen LogP contribution in [0.2, 0.25) is 0 Å². The molecule has 1 aromatic rings. The summed E-state index contributed by atoms with van der Waals surface area (Å²) in [6.07, 6.45) is 1.09. The highest BCUT2D eigenvalue weighted by atomic mass is 19.1. The molecule has 0 bridgehead atoms. The van der Waals surface area contributed by atoms with Crippen molar-refractivity contribution in [1.29, 1.82) is 0 Å². The number of ether oxygens (including phenoxy) is 1. The molecule has 0 saturated heterocycles. The Morgan fingerprint density at radius 3 is 2.88 bits per heavy atom. The third kappa shape index (κ3) is 4.40. The molecule has 0 unspecified atom stereocenters. The van der Waals surface area contributed by atoms with E-state index < -0.39 is 0 Å². The van der Waals surface area contributed by atoms with Gasteiger partial charge in [0.15, 0.2) is 0 Å². The number of halogens is 1. The van der Waals surface area contributed by atoms with E-state index in [1.54, 1.807) is 18.2 Å². The molecule has 4 heteroatoms. The Hall–Kier alpha value is -1.42. The maximum Gasteiger partial charge on any atom is 0.305 e. The van der Waals surface area contributed by atoms with Gasteiger partial charge >= 0.3 is 5.97 Å². The molecular formula is C12H16FNO2. The molecule has 0 atom stereocenters. The fraction of sp³-hybridized carbons (Fsp3) is 0.417. The molecule has 1 N–H and O–H groups in total. The van der Waals surface area contributed by atoms with Gasteiger partial charge in [-0.2, -0.15) is 0 Å². The van der Waals surface area contributed by atoms with Crippen molar-refractivity contribution in [3.05, 3.63) is 35.6 Å². The van der Waals surface area contributed by atoms with Crippen molar-refractivity contribution in [1.82, 2.24) is 5.32 Å². The molecule has 16 heavy (non-hydrogen) atoms. The summed E-state index contributed by atoms with van der Waals surface area (Å²) in [5, 5.41) is 3.07. The van der Waals surface area contributed by atoms with Gasteiger partial charge < -0.3 is 10.1 Å². The molecule has 0 aromatic heterocycles. The Morgan fingerprint density at radius 1 is 1.44 bits per heavy atom. The zero-order valence-corrected chi connectivity index (χ0v) is 9.33. The Kier molecular flexibility index (Phi) is 5.50. The van der Waals surface area contributed by atoms with Gasteiger partial charge in [0.25, 0.3) is 0 Å². The Bertz CT molecular complexity index is 342. The van der Waals surface area contributed by atoms with Gasteiger partial charge in [-0.3, -0.25) is 4.79 Å². The summed E-state index contributed by atoms with van der Waals surface area (Å²) < 4.78 is 17.7. The average molecular weight is 225 g/mol. The first-order valence-electron chi connectivity index (χ1n) is 5.25. The van der Waals surface area contributed by atoms with E-state index in [9.17, 15) is 9.18 Å². The second kappa shape index (κ2) is 6.95. The van der Waals surface area contributed by atoms with Crippen LogP contribution in [0.1, 0.15) is 18.4 Å². The van der Waals surface area contributed by atoms with Gasteiger partial charge in [-0.1, -0.05) is 18.2 Å². The van der Waals surface area contributed by atoms with Crippen LogP contribution in [-0.4, -0.2) is 19.6 Å². The van der Waals surface area contributed by atoms with Crippen molar-refractivity contribution >= 4 is 5.97 Å². The Morgan fingerprint density at radius 2 is 2.19 bits per heavy atom. The molecule has 0 fully saturated rings. The second-order valence-electron chi connectivity index (χ2n) is 3.45. The number of benzene rings is 1. The van der Waals surface area contributed by atoms with E-state index in [0.29, 0.717) is 31.5 Å². The number of hydrogen-bond donors (Lipinski definition) is 1. The first-order chi connectivity index (χ1) is 7.74. The zero-order chi connectivity index (χ0) is 11.8. The van der Waals surface area contributed by atoms with Gasteiger partial charge in [0.2, 0.25) is 0 Å². The Balaban J connectivity index is 2.17. The van der Waals surface area contributed by atoms with E-state index in [2.05, 4.69) is 10.1 Å². The standard InChI is InChI=1S/C12H16FNO2/c1-16-12(15)7-4-8-14-9-10-5-2-3-6-11(10)13/h2-3,5-6,14H,4,7-9H2,1H3. The minimum atomic E-state index is -0.215. The van der Waals surface area contributed by atoms with E-state index in [1.807, 2.05) is 0 Å². The van der Waals surface area contributed by atoms with E-state index in [-0.39, 0.29) is 11.8 Å². The summed E-state index contributed by atoms with van der Waals surface area (Å²) in [6, 6.07) is 6.64. The molecule has 1 aromatic carbocycles. The van der Waals surface area contributed by atoms with Crippen LogP contribution in [0.4, 0.5) is 4.39 Å². The van der Waals surface area contributed by atoms with Crippen LogP contribution >= 0.6 is 0 Å². The molecule has 0 aliphatic heterocycles. The molecule has 0 aliphatic carbocycles. The van der Waals surface area contributed by atoms with E-state index in [0.717, 1.165) is 0 Å². The number of carbonyl (C=O) groups is 1. The third-order valence-corrected chi connectivity index (χ3v) is 2.24. The summed E-state index contributed by atoms with van der Waals surface area (Å²) in [4.78, 5) is 10.8. The zero-order valence-electron chi connectivity index (χ0n) is 9.33. The van der Waals surface area contributed by atoms with Crippen LogP contribution in [0.5, 0.6) is 0 Å². The minimum absolute atomic E-state index is 0.206. The van der Waals surface area contributed by atoms with Gasteiger partial charge in [-0.25, -0.2) is 4.39 Å². The Labute approximate surface area is 94.6 Å². The topological polar surface area (TPSA) is 38.3 Å². The predicted molar refractivity (Wildman–Crippen MR) is 59.4 cm³/mol. The highest BCUT2D eigenvalue weighted by Crippen LogP contribution is 2.05. The van der Waals surface area contributed by atoms with Crippen LogP contribution in [0.15, 0.2) is 24.3 Å². The van der Waals surface area contributed by atoms with Crippen LogP contribution < -0.4 is 5.32 Å². The summed E-state index contributed by atoms with van der Waals surface area (Å²) in [5.41, 5.74) is 0.639.